The van der Waals surface area contributed by atoms with Gasteiger partial charge in [0.1, 0.15) is 6.54 Å². The summed E-state index contributed by atoms with van der Waals surface area (Å²) < 4.78 is 0. The molecule has 5 nitrogen and oxygen atoms in total. The molecule has 0 bridgehead atoms. The van der Waals surface area contributed by atoms with E-state index in [4.69, 9.17) is 11.6 Å². The minimum absolute atomic E-state index is 0.0390. The fourth-order valence-corrected chi connectivity index (χ4v) is 4.57. The summed E-state index contributed by atoms with van der Waals surface area (Å²) >= 11 is 6.00. The average molecular weight is 486 g/mol. The average Bonchev–Trinajstić information content (AvgIpc) is 3.65. The van der Waals surface area contributed by atoms with Crippen LogP contribution in [0.1, 0.15) is 34.3 Å². The Morgan fingerprint density at radius 1 is 0.914 bits per heavy atom. The van der Waals surface area contributed by atoms with Gasteiger partial charge in [-0.3, -0.25) is 9.59 Å². The Hall–Kier alpha value is -3.57. The van der Waals surface area contributed by atoms with Crippen molar-refractivity contribution in [2.45, 2.75) is 31.8 Å². The first-order valence-electron chi connectivity index (χ1n) is 12.0. The molecule has 3 aromatic carbocycles. The number of aromatic nitrogens is 1. The Balaban J connectivity index is 1.34. The van der Waals surface area contributed by atoms with Crippen LogP contribution < -0.4 is 0 Å². The van der Waals surface area contributed by atoms with Crippen molar-refractivity contribution in [2.75, 3.05) is 13.1 Å². The van der Waals surface area contributed by atoms with Crippen molar-refractivity contribution >= 4 is 34.3 Å². The van der Waals surface area contributed by atoms with Crippen LogP contribution in [0, 0.1) is 0 Å². The Morgan fingerprint density at radius 3 is 2.37 bits per heavy atom. The molecule has 0 atom stereocenters. The quantitative estimate of drug-likeness (QED) is 0.330. The second-order valence-corrected chi connectivity index (χ2v) is 9.52. The summed E-state index contributed by atoms with van der Waals surface area (Å²) in [6.45, 7) is 1.16. The van der Waals surface area contributed by atoms with Gasteiger partial charge in [0.05, 0.1) is 0 Å². The van der Waals surface area contributed by atoms with Crippen LogP contribution in [0.15, 0.2) is 85.1 Å². The van der Waals surface area contributed by atoms with Gasteiger partial charge >= 0.3 is 0 Å². The van der Waals surface area contributed by atoms with Crippen LogP contribution in [0.2, 0.25) is 5.02 Å². The highest BCUT2D eigenvalue weighted by molar-refractivity contribution is 6.30. The molecule has 6 heteroatoms. The van der Waals surface area contributed by atoms with Crippen molar-refractivity contribution in [3.63, 3.8) is 0 Å². The molecule has 1 saturated carbocycles. The number of hydrogen-bond donors (Lipinski definition) is 1. The van der Waals surface area contributed by atoms with Gasteiger partial charge in [-0.15, -0.1) is 0 Å². The van der Waals surface area contributed by atoms with Gasteiger partial charge in [0.25, 0.3) is 5.91 Å². The van der Waals surface area contributed by atoms with Gasteiger partial charge < -0.3 is 14.8 Å². The van der Waals surface area contributed by atoms with Crippen molar-refractivity contribution in [3.05, 3.63) is 107 Å². The molecular weight excluding hydrogens is 458 g/mol. The number of benzene rings is 3. The monoisotopic (exact) mass is 485 g/mol. The van der Waals surface area contributed by atoms with Crippen LogP contribution >= 0.6 is 11.6 Å². The summed E-state index contributed by atoms with van der Waals surface area (Å²) in [6, 6.07) is 25.2. The first kappa shape index (κ1) is 23.2. The lowest BCUT2D eigenvalue weighted by molar-refractivity contribution is -0.132. The molecule has 1 fully saturated rings. The largest absolute Gasteiger partial charge is 0.361 e. The van der Waals surface area contributed by atoms with Gasteiger partial charge in [0.15, 0.2) is 0 Å². The number of aromatic amines is 1. The van der Waals surface area contributed by atoms with Crippen molar-refractivity contribution < 1.29 is 9.59 Å². The summed E-state index contributed by atoms with van der Waals surface area (Å²) in [5.41, 5.74) is 3.91. The van der Waals surface area contributed by atoms with Crippen LogP contribution in [0.3, 0.4) is 0 Å². The van der Waals surface area contributed by atoms with E-state index >= 15 is 0 Å². The molecule has 1 aliphatic rings. The maximum absolute atomic E-state index is 13.6. The number of para-hydroxylation sites is 1. The molecule has 0 spiro atoms. The minimum Gasteiger partial charge on any atom is -0.361 e. The molecule has 4 aromatic rings. The van der Waals surface area contributed by atoms with Crippen molar-refractivity contribution in [1.82, 2.24) is 14.8 Å². The zero-order chi connectivity index (χ0) is 24.2. The third-order valence-corrected chi connectivity index (χ3v) is 6.79. The van der Waals surface area contributed by atoms with Crippen LogP contribution in [0.5, 0.6) is 0 Å². The molecule has 178 valence electrons. The fraction of sp³-hybridized carbons (Fsp3) is 0.241. The lowest BCUT2D eigenvalue weighted by Crippen LogP contribution is -2.44. The number of rotatable bonds is 9. The number of halogens is 1. The molecule has 35 heavy (non-hydrogen) atoms. The van der Waals surface area contributed by atoms with Crippen LogP contribution in [0.4, 0.5) is 0 Å². The van der Waals surface area contributed by atoms with Gasteiger partial charge in [0, 0.05) is 46.8 Å². The molecule has 5 rings (SSSR count). The van der Waals surface area contributed by atoms with Crippen molar-refractivity contribution in [2.24, 2.45) is 0 Å². The number of fused-ring (bicyclic) bond motifs is 1. The lowest BCUT2D eigenvalue weighted by atomic mass is 10.1. The Bertz CT molecular complexity index is 1310. The summed E-state index contributed by atoms with van der Waals surface area (Å²) in [7, 11) is 0. The number of amides is 2. The van der Waals surface area contributed by atoms with E-state index in [1.165, 1.54) is 10.9 Å². The second-order valence-electron chi connectivity index (χ2n) is 9.08. The molecule has 1 heterocycles. The molecule has 0 saturated heterocycles. The molecule has 2 amide bonds. The van der Waals surface area contributed by atoms with E-state index in [9.17, 15) is 9.59 Å². The first-order chi connectivity index (χ1) is 17.1. The predicted molar refractivity (Wildman–Crippen MR) is 139 cm³/mol. The summed E-state index contributed by atoms with van der Waals surface area (Å²) in [4.78, 5) is 33.8. The Labute approximate surface area is 210 Å². The number of carbonyl (C=O) groups is 2. The highest BCUT2D eigenvalue weighted by Crippen LogP contribution is 2.29. The molecule has 0 aliphatic heterocycles. The minimum atomic E-state index is -0.117. The van der Waals surface area contributed by atoms with Gasteiger partial charge in [-0.2, -0.15) is 0 Å². The summed E-state index contributed by atoms with van der Waals surface area (Å²) in [5, 5.41) is 1.76. The SMILES string of the molecule is O=C(CN(C(=O)c1ccc(Cl)cc1)C1CC1)N(CCc1c[nH]c2ccccc12)Cc1ccccc1. The van der Waals surface area contributed by atoms with E-state index in [1.54, 1.807) is 29.2 Å². The number of H-pyrrole nitrogens is 1. The fourth-order valence-electron chi connectivity index (χ4n) is 4.45. The number of hydrogen-bond acceptors (Lipinski definition) is 2. The van der Waals surface area contributed by atoms with Gasteiger partial charge in [-0.1, -0.05) is 60.1 Å². The van der Waals surface area contributed by atoms with E-state index in [2.05, 4.69) is 17.1 Å². The van der Waals surface area contributed by atoms with Gasteiger partial charge in [-0.05, 0) is 60.7 Å². The van der Waals surface area contributed by atoms with E-state index in [1.807, 2.05) is 53.6 Å². The third kappa shape index (κ3) is 5.57. The standard InChI is InChI=1S/C29H28ClN3O2/c30-24-12-10-22(11-13-24)29(35)33(25-14-15-25)20-28(34)32(19-21-6-2-1-3-7-21)17-16-23-18-31-27-9-5-4-8-26(23)27/h1-13,18,25,31H,14-17,19-20H2. The summed E-state index contributed by atoms with van der Waals surface area (Å²) in [5.74, 6) is -0.156. The topological polar surface area (TPSA) is 56.4 Å². The van der Waals surface area contributed by atoms with E-state index in [-0.39, 0.29) is 24.4 Å². The van der Waals surface area contributed by atoms with Crippen molar-refractivity contribution in [1.29, 1.82) is 0 Å². The summed E-state index contributed by atoms with van der Waals surface area (Å²) in [6.07, 6.45) is 4.62. The van der Waals surface area contributed by atoms with Crippen molar-refractivity contribution in [3.8, 4) is 0 Å². The number of nitrogens with zero attached hydrogens (tertiary/aromatic N) is 2. The van der Waals surface area contributed by atoms with E-state index in [0.717, 1.165) is 30.3 Å². The van der Waals surface area contributed by atoms with Gasteiger partial charge in [0.2, 0.25) is 5.91 Å². The Kier molecular flexibility index (Phi) is 6.87. The lowest BCUT2D eigenvalue weighted by Gasteiger charge is -2.28. The molecule has 0 radical (unpaired) electrons. The third-order valence-electron chi connectivity index (χ3n) is 6.54. The second kappa shape index (κ2) is 10.4. The smallest absolute Gasteiger partial charge is 0.254 e. The zero-order valence-corrected chi connectivity index (χ0v) is 20.2. The Morgan fingerprint density at radius 2 is 1.63 bits per heavy atom. The molecule has 0 unspecified atom stereocenters. The van der Waals surface area contributed by atoms with E-state index in [0.29, 0.717) is 23.7 Å². The van der Waals surface area contributed by atoms with Crippen LogP contribution in [-0.2, 0) is 17.8 Å². The maximum atomic E-state index is 13.6. The molecule has 1 N–H and O–H groups in total. The first-order valence-corrected chi connectivity index (χ1v) is 12.4. The highest BCUT2D eigenvalue weighted by atomic mass is 35.5. The zero-order valence-electron chi connectivity index (χ0n) is 19.5. The van der Waals surface area contributed by atoms with E-state index < -0.39 is 0 Å². The van der Waals surface area contributed by atoms with Crippen LogP contribution in [0.25, 0.3) is 10.9 Å². The molecule has 1 aliphatic carbocycles. The maximum Gasteiger partial charge on any atom is 0.254 e. The molecular formula is C29H28ClN3O2. The number of carbonyl (C=O) groups excluding carboxylic acids is 2. The van der Waals surface area contributed by atoms with Gasteiger partial charge in [-0.25, -0.2) is 0 Å². The highest BCUT2D eigenvalue weighted by Gasteiger charge is 2.35. The number of nitrogens with one attached hydrogen (secondary N) is 1. The predicted octanol–water partition coefficient (Wildman–Crippen LogP) is 5.70. The van der Waals surface area contributed by atoms with Crippen LogP contribution in [-0.4, -0.2) is 45.7 Å². The molecule has 1 aromatic heterocycles. The normalized spacial score (nSPS) is 13.1.